The molecule has 0 saturated heterocycles. The van der Waals surface area contributed by atoms with Gasteiger partial charge < -0.3 is 9.84 Å². The van der Waals surface area contributed by atoms with Crippen LogP contribution in [0.1, 0.15) is 17.1 Å². The van der Waals surface area contributed by atoms with Gasteiger partial charge in [0.1, 0.15) is 11.5 Å². The van der Waals surface area contributed by atoms with Gasteiger partial charge in [-0.1, -0.05) is 5.16 Å². The average molecular weight is 203 g/mol. The van der Waals surface area contributed by atoms with E-state index in [-0.39, 0.29) is 0 Å². The maximum absolute atomic E-state index is 4.97. The van der Waals surface area contributed by atoms with Gasteiger partial charge in [0, 0.05) is 23.6 Å². The van der Waals surface area contributed by atoms with Crippen LogP contribution in [0.15, 0.2) is 28.9 Å². The number of aromatic nitrogens is 2. The molecule has 0 aliphatic carbocycles. The predicted molar refractivity (Wildman–Crippen MR) is 57.5 cm³/mol. The fourth-order valence-electron chi connectivity index (χ4n) is 1.35. The van der Waals surface area contributed by atoms with Crippen molar-refractivity contribution in [3.63, 3.8) is 0 Å². The van der Waals surface area contributed by atoms with Gasteiger partial charge >= 0.3 is 0 Å². The molecule has 4 nitrogen and oxygen atoms in total. The molecule has 2 aromatic rings. The van der Waals surface area contributed by atoms with E-state index in [1.807, 2.05) is 32.0 Å². The Hall–Kier alpha value is -1.84. The molecule has 2 aromatic heterocycles. The van der Waals surface area contributed by atoms with E-state index in [9.17, 15) is 0 Å². The number of aryl methyl sites for hydroxylation is 2. The second kappa shape index (κ2) is 4.13. The first-order valence-corrected chi connectivity index (χ1v) is 4.83. The maximum atomic E-state index is 4.97. The fraction of sp³-hybridized carbons (Fsp3) is 0.273. The maximum Gasteiger partial charge on any atom is 0.133 e. The SMILES string of the molecule is Cc1cc(NCc2cc(C)on2)ccn1. The Labute approximate surface area is 88.3 Å². The smallest absolute Gasteiger partial charge is 0.133 e. The summed E-state index contributed by atoms with van der Waals surface area (Å²) in [6.45, 7) is 4.51. The van der Waals surface area contributed by atoms with Crippen LogP contribution in [0, 0.1) is 13.8 Å². The molecule has 0 unspecified atom stereocenters. The molecule has 4 heteroatoms. The fourth-order valence-corrected chi connectivity index (χ4v) is 1.35. The number of hydrogen-bond acceptors (Lipinski definition) is 4. The van der Waals surface area contributed by atoms with Crippen molar-refractivity contribution in [2.45, 2.75) is 20.4 Å². The largest absolute Gasteiger partial charge is 0.379 e. The van der Waals surface area contributed by atoms with E-state index in [0.717, 1.165) is 22.8 Å². The minimum absolute atomic E-state index is 0.667. The van der Waals surface area contributed by atoms with Gasteiger partial charge in [-0.3, -0.25) is 4.98 Å². The van der Waals surface area contributed by atoms with E-state index in [1.165, 1.54) is 0 Å². The Kier molecular flexibility index (Phi) is 2.67. The lowest BCUT2D eigenvalue weighted by Crippen LogP contribution is -1.99. The summed E-state index contributed by atoms with van der Waals surface area (Å²) in [4.78, 5) is 4.12. The molecular weight excluding hydrogens is 190 g/mol. The Balaban J connectivity index is 1.99. The van der Waals surface area contributed by atoms with Crippen molar-refractivity contribution < 1.29 is 4.52 Å². The second-order valence-corrected chi connectivity index (χ2v) is 3.47. The van der Waals surface area contributed by atoms with E-state index < -0.39 is 0 Å². The van der Waals surface area contributed by atoms with Crippen molar-refractivity contribution in [2.75, 3.05) is 5.32 Å². The zero-order valence-corrected chi connectivity index (χ0v) is 8.82. The topological polar surface area (TPSA) is 51.0 Å². The van der Waals surface area contributed by atoms with Crippen molar-refractivity contribution in [3.8, 4) is 0 Å². The van der Waals surface area contributed by atoms with Crippen LogP contribution in [0.4, 0.5) is 5.69 Å². The van der Waals surface area contributed by atoms with E-state index in [1.54, 1.807) is 6.20 Å². The first kappa shape index (κ1) is 9.71. The van der Waals surface area contributed by atoms with E-state index in [2.05, 4.69) is 15.5 Å². The number of anilines is 1. The van der Waals surface area contributed by atoms with Crippen molar-refractivity contribution >= 4 is 5.69 Å². The summed E-state index contributed by atoms with van der Waals surface area (Å²) in [6.07, 6.45) is 1.78. The molecule has 0 spiro atoms. The van der Waals surface area contributed by atoms with Crippen molar-refractivity contribution in [3.05, 3.63) is 41.5 Å². The third-order valence-corrected chi connectivity index (χ3v) is 2.05. The van der Waals surface area contributed by atoms with Crippen molar-refractivity contribution in [2.24, 2.45) is 0 Å². The van der Waals surface area contributed by atoms with Gasteiger partial charge in [-0.05, 0) is 26.0 Å². The molecule has 78 valence electrons. The zero-order valence-electron chi connectivity index (χ0n) is 8.82. The lowest BCUT2D eigenvalue weighted by molar-refractivity contribution is 0.391. The average Bonchev–Trinajstić information content (AvgIpc) is 2.62. The Morgan fingerprint density at radius 1 is 1.33 bits per heavy atom. The van der Waals surface area contributed by atoms with Crippen LogP contribution in [0.2, 0.25) is 0 Å². The van der Waals surface area contributed by atoms with Gasteiger partial charge in [0.2, 0.25) is 0 Å². The van der Waals surface area contributed by atoms with Crippen LogP contribution in [0.3, 0.4) is 0 Å². The molecule has 0 atom stereocenters. The molecule has 0 saturated carbocycles. The summed E-state index contributed by atoms with van der Waals surface area (Å²) >= 11 is 0. The predicted octanol–water partition coefficient (Wildman–Crippen LogP) is 2.30. The normalized spacial score (nSPS) is 10.3. The lowest BCUT2D eigenvalue weighted by Gasteiger charge is -2.03. The monoisotopic (exact) mass is 203 g/mol. The Morgan fingerprint density at radius 3 is 2.87 bits per heavy atom. The van der Waals surface area contributed by atoms with Gasteiger partial charge in [0.05, 0.1) is 6.54 Å². The third-order valence-electron chi connectivity index (χ3n) is 2.05. The summed E-state index contributed by atoms with van der Waals surface area (Å²) in [5, 5.41) is 7.15. The van der Waals surface area contributed by atoms with Gasteiger partial charge in [0.25, 0.3) is 0 Å². The molecule has 0 radical (unpaired) electrons. The molecule has 0 amide bonds. The molecule has 2 heterocycles. The lowest BCUT2D eigenvalue weighted by atomic mass is 10.3. The molecule has 0 aliphatic heterocycles. The number of pyridine rings is 1. The first-order chi connectivity index (χ1) is 7.24. The summed E-state index contributed by atoms with van der Waals surface area (Å²) in [5.41, 5.74) is 2.95. The van der Waals surface area contributed by atoms with Crippen molar-refractivity contribution in [1.82, 2.24) is 10.1 Å². The Morgan fingerprint density at radius 2 is 2.20 bits per heavy atom. The molecule has 0 fully saturated rings. The quantitative estimate of drug-likeness (QED) is 0.831. The van der Waals surface area contributed by atoms with Crippen LogP contribution in [0.25, 0.3) is 0 Å². The van der Waals surface area contributed by atoms with E-state index >= 15 is 0 Å². The standard InChI is InChI=1S/C11H13N3O/c1-8-5-10(3-4-12-8)13-7-11-6-9(2)15-14-11/h3-6H,7H2,1-2H3,(H,12,13). The highest BCUT2D eigenvalue weighted by molar-refractivity contribution is 5.43. The molecular formula is C11H13N3O. The highest BCUT2D eigenvalue weighted by Crippen LogP contribution is 2.09. The van der Waals surface area contributed by atoms with Crippen LogP contribution >= 0.6 is 0 Å². The Bertz CT molecular complexity index is 451. The summed E-state index contributed by atoms with van der Waals surface area (Å²) in [7, 11) is 0. The number of nitrogens with zero attached hydrogens (tertiary/aromatic N) is 2. The molecule has 0 aromatic carbocycles. The van der Waals surface area contributed by atoms with Gasteiger partial charge in [-0.2, -0.15) is 0 Å². The van der Waals surface area contributed by atoms with Crippen LogP contribution < -0.4 is 5.32 Å². The molecule has 0 aliphatic rings. The summed E-state index contributed by atoms with van der Waals surface area (Å²) in [5.74, 6) is 0.831. The van der Waals surface area contributed by atoms with Gasteiger partial charge in [-0.15, -0.1) is 0 Å². The summed E-state index contributed by atoms with van der Waals surface area (Å²) < 4.78 is 4.97. The van der Waals surface area contributed by atoms with Crippen LogP contribution in [-0.4, -0.2) is 10.1 Å². The van der Waals surface area contributed by atoms with Gasteiger partial charge in [-0.25, -0.2) is 0 Å². The first-order valence-electron chi connectivity index (χ1n) is 4.83. The molecule has 0 bridgehead atoms. The minimum atomic E-state index is 0.667. The molecule has 15 heavy (non-hydrogen) atoms. The number of hydrogen-bond donors (Lipinski definition) is 1. The highest BCUT2D eigenvalue weighted by atomic mass is 16.5. The highest BCUT2D eigenvalue weighted by Gasteiger charge is 1.99. The second-order valence-electron chi connectivity index (χ2n) is 3.47. The van der Waals surface area contributed by atoms with Crippen molar-refractivity contribution in [1.29, 1.82) is 0 Å². The van der Waals surface area contributed by atoms with Crippen LogP contribution in [0.5, 0.6) is 0 Å². The third kappa shape index (κ3) is 2.56. The van der Waals surface area contributed by atoms with E-state index in [0.29, 0.717) is 6.54 Å². The van der Waals surface area contributed by atoms with Gasteiger partial charge in [0.15, 0.2) is 0 Å². The molecule has 2 rings (SSSR count). The number of nitrogens with one attached hydrogen (secondary N) is 1. The minimum Gasteiger partial charge on any atom is -0.379 e. The molecule has 1 N–H and O–H groups in total. The van der Waals surface area contributed by atoms with Crippen LogP contribution in [-0.2, 0) is 6.54 Å². The zero-order chi connectivity index (χ0) is 10.7. The summed E-state index contributed by atoms with van der Waals surface area (Å²) in [6, 6.07) is 5.84. The number of rotatable bonds is 3. The van der Waals surface area contributed by atoms with E-state index in [4.69, 9.17) is 4.52 Å².